The third-order valence-electron chi connectivity index (χ3n) is 5.15. The van der Waals surface area contributed by atoms with Crippen LogP contribution in [0.5, 0.6) is 0 Å². The second-order valence-electron chi connectivity index (χ2n) is 7.09. The van der Waals surface area contributed by atoms with E-state index in [1.165, 1.54) is 25.3 Å². The van der Waals surface area contributed by atoms with Crippen LogP contribution in [0.1, 0.15) is 33.9 Å². The molecule has 0 radical (unpaired) electrons. The zero-order valence-corrected chi connectivity index (χ0v) is 17.8. The summed E-state index contributed by atoms with van der Waals surface area (Å²) in [5.41, 5.74) is 1.47. The maximum atomic E-state index is 13.1. The molecule has 0 bridgehead atoms. The second kappa shape index (κ2) is 8.78. The summed E-state index contributed by atoms with van der Waals surface area (Å²) < 4.78 is 58.6. The lowest BCUT2D eigenvalue weighted by Gasteiger charge is -2.34. The molecule has 164 valence electrons. The number of ether oxygens (including phenoxy) is 1. The van der Waals surface area contributed by atoms with E-state index in [0.717, 1.165) is 5.56 Å². The van der Waals surface area contributed by atoms with Crippen LogP contribution in [0.3, 0.4) is 0 Å². The van der Waals surface area contributed by atoms with Gasteiger partial charge in [0.1, 0.15) is 4.90 Å². The number of halogens is 2. The molecule has 0 spiro atoms. The maximum absolute atomic E-state index is 13.1. The van der Waals surface area contributed by atoms with Gasteiger partial charge in [-0.15, -0.1) is 0 Å². The highest BCUT2D eigenvalue weighted by molar-refractivity contribution is 7.89. The molecular formula is C19H24F2N4O4S. The Morgan fingerprint density at radius 3 is 2.23 bits per heavy atom. The number of aromatic nitrogens is 2. The molecule has 0 atom stereocenters. The first-order valence-corrected chi connectivity index (χ1v) is 10.8. The fourth-order valence-electron chi connectivity index (χ4n) is 3.59. The number of sulfonamides is 1. The van der Waals surface area contributed by atoms with Gasteiger partial charge >= 0.3 is 12.5 Å². The van der Waals surface area contributed by atoms with Crippen LogP contribution in [0.15, 0.2) is 29.2 Å². The number of piperazine rings is 1. The number of methoxy groups -OCH3 is 1. The maximum Gasteiger partial charge on any atom is 0.337 e. The lowest BCUT2D eigenvalue weighted by atomic mass is 10.1. The van der Waals surface area contributed by atoms with Gasteiger partial charge in [0.15, 0.2) is 0 Å². The summed E-state index contributed by atoms with van der Waals surface area (Å²) in [6.45, 7) is 1.98. The van der Waals surface area contributed by atoms with Gasteiger partial charge in [-0.25, -0.2) is 17.9 Å². The van der Waals surface area contributed by atoms with Crippen LogP contribution < -0.4 is 0 Å². The molecule has 2 aromatic rings. The van der Waals surface area contributed by atoms with E-state index in [0.29, 0.717) is 29.9 Å². The Hall–Kier alpha value is -2.37. The van der Waals surface area contributed by atoms with E-state index in [-0.39, 0.29) is 29.4 Å². The fourth-order valence-corrected chi connectivity index (χ4v) is 5.37. The molecule has 1 aromatic heterocycles. The standard InChI is InChI=1S/C19H24F2N4O4S/c1-13-17(14(2)25(22-13)19(20)21)30(27,28)24-10-8-23(9-11-24)12-15-4-6-16(7-5-15)18(26)29-3/h4-7,19H,8-12H2,1-3H3. The predicted molar refractivity (Wildman–Crippen MR) is 105 cm³/mol. The van der Waals surface area contributed by atoms with E-state index < -0.39 is 22.5 Å². The van der Waals surface area contributed by atoms with E-state index in [2.05, 4.69) is 14.7 Å². The Labute approximate surface area is 174 Å². The Morgan fingerprint density at radius 1 is 1.13 bits per heavy atom. The third-order valence-corrected chi connectivity index (χ3v) is 7.31. The predicted octanol–water partition coefficient (Wildman–Crippen LogP) is 2.19. The molecule has 1 aromatic carbocycles. The average Bonchev–Trinajstić information content (AvgIpc) is 3.03. The van der Waals surface area contributed by atoms with Gasteiger partial charge in [0.2, 0.25) is 10.0 Å². The largest absolute Gasteiger partial charge is 0.465 e. The summed E-state index contributed by atoms with van der Waals surface area (Å²) in [5.74, 6) is -0.402. The van der Waals surface area contributed by atoms with Gasteiger partial charge < -0.3 is 4.74 Å². The van der Waals surface area contributed by atoms with Crippen molar-refractivity contribution in [1.29, 1.82) is 0 Å². The van der Waals surface area contributed by atoms with Crippen molar-refractivity contribution in [2.45, 2.75) is 31.8 Å². The summed E-state index contributed by atoms with van der Waals surface area (Å²) in [7, 11) is -2.59. The number of benzene rings is 1. The number of nitrogens with zero attached hydrogens (tertiary/aromatic N) is 4. The molecule has 0 N–H and O–H groups in total. The molecule has 11 heteroatoms. The van der Waals surface area contributed by atoms with Gasteiger partial charge in [-0.05, 0) is 31.5 Å². The number of alkyl halides is 2. The molecular weight excluding hydrogens is 418 g/mol. The van der Waals surface area contributed by atoms with Gasteiger partial charge in [0.05, 0.1) is 24.1 Å². The SMILES string of the molecule is COC(=O)c1ccc(CN2CCN(S(=O)(=O)c3c(C)nn(C(F)F)c3C)CC2)cc1. The van der Waals surface area contributed by atoms with Crippen LogP contribution in [-0.4, -0.2) is 66.7 Å². The van der Waals surface area contributed by atoms with Crippen LogP contribution >= 0.6 is 0 Å². The molecule has 0 saturated carbocycles. The number of carbonyl (C=O) groups excluding carboxylic acids is 1. The summed E-state index contributed by atoms with van der Waals surface area (Å²) in [5, 5.41) is 3.68. The minimum Gasteiger partial charge on any atom is -0.465 e. The minimum absolute atomic E-state index is 0.0596. The van der Waals surface area contributed by atoms with Gasteiger partial charge in [0, 0.05) is 32.7 Å². The minimum atomic E-state index is -3.91. The van der Waals surface area contributed by atoms with Crippen molar-refractivity contribution in [2.75, 3.05) is 33.3 Å². The molecule has 1 aliphatic rings. The topological polar surface area (TPSA) is 84.7 Å². The Balaban J connectivity index is 1.66. The summed E-state index contributed by atoms with van der Waals surface area (Å²) in [6, 6.07) is 7.05. The Morgan fingerprint density at radius 2 is 1.73 bits per heavy atom. The van der Waals surface area contributed by atoms with Crippen LogP contribution in [0.4, 0.5) is 8.78 Å². The zero-order chi connectivity index (χ0) is 22.1. The molecule has 0 amide bonds. The van der Waals surface area contributed by atoms with Gasteiger partial charge in [-0.2, -0.15) is 18.2 Å². The molecule has 8 nitrogen and oxygen atoms in total. The van der Waals surface area contributed by atoms with Crippen molar-refractivity contribution in [3.63, 3.8) is 0 Å². The number of hydrogen-bond acceptors (Lipinski definition) is 6. The van der Waals surface area contributed by atoms with E-state index in [4.69, 9.17) is 0 Å². The summed E-state index contributed by atoms with van der Waals surface area (Å²) in [6.07, 6.45) is 0. The number of hydrogen-bond donors (Lipinski definition) is 0. The van der Waals surface area contributed by atoms with Crippen LogP contribution in [0.25, 0.3) is 0 Å². The van der Waals surface area contributed by atoms with Gasteiger partial charge in [-0.3, -0.25) is 4.90 Å². The first-order chi connectivity index (χ1) is 14.1. The first kappa shape index (κ1) is 22.3. The van der Waals surface area contributed by atoms with Crippen LogP contribution in [0.2, 0.25) is 0 Å². The Kier molecular flexibility index (Phi) is 6.53. The summed E-state index contributed by atoms with van der Waals surface area (Å²) in [4.78, 5) is 13.5. The van der Waals surface area contributed by atoms with Crippen molar-refractivity contribution in [2.24, 2.45) is 0 Å². The molecule has 1 saturated heterocycles. The quantitative estimate of drug-likeness (QED) is 0.638. The number of carbonyl (C=O) groups is 1. The van der Waals surface area contributed by atoms with Gasteiger partial charge in [-0.1, -0.05) is 12.1 Å². The number of rotatable bonds is 6. The molecule has 0 aliphatic carbocycles. The fraction of sp³-hybridized carbons (Fsp3) is 0.474. The monoisotopic (exact) mass is 442 g/mol. The molecule has 2 heterocycles. The summed E-state index contributed by atoms with van der Waals surface area (Å²) >= 11 is 0. The normalized spacial score (nSPS) is 16.2. The lowest BCUT2D eigenvalue weighted by Crippen LogP contribution is -2.48. The third kappa shape index (κ3) is 4.37. The number of esters is 1. The second-order valence-corrected chi connectivity index (χ2v) is 8.97. The first-order valence-electron chi connectivity index (χ1n) is 9.38. The van der Waals surface area contributed by atoms with Crippen molar-refractivity contribution in [1.82, 2.24) is 19.0 Å². The van der Waals surface area contributed by atoms with Crippen molar-refractivity contribution < 1.29 is 26.7 Å². The highest BCUT2D eigenvalue weighted by Crippen LogP contribution is 2.27. The highest BCUT2D eigenvalue weighted by Gasteiger charge is 2.34. The number of aryl methyl sites for hydroxylation is 1. The van der Waals surface area contributed by atoms with Crippen molar-refractivity contribution in [3.05, 3.63) is 46.8 Å². The van der Waals surface area contributed by atoms with Crippen molar-refractivity contribution >= 4 is 16.0 Å². The van der Waals surface area contributed by atoms with E-state index >= 15 is 0 Å². The molecule has 1 fully saturated rings. The molecule has 30 heavy (non-hydrogen) atoms. The highest BCUT2D eigenvalue weighted by atomic mass is 32.2. The smallest absolute Gasteiger partial charge is 0.337 e. The van der Waals surface area contributed by atoms with Gasteiger partial charge in [0.25, 0.3) is 0 Å². The van der Waals surface area contributed by atoms with E-state index in [1.54, 1.807) is 12.1 Å². The zero-order valence-electron chi connectivity index (χ0n) is 17.0. The van der Waals surface area contributed by atoms with Crippen LogP contribution in [-0.2, 0) is 21.3 Å². The van der Waals surface area contributed by atoms with Crippen molar-refractivity contribution in [3.8, 4) is 0 Å². The molecule has 1 aliphatic heterocycles. The Bertz CT molecular complexity index is 1010. The van der Waals surface area contributed by atoms with Crippen LogP contribution in [0, 0.1) is 13.8 Å². The average molecular weight is 442 g/mol. The van der Waals surface area contributed by atoms with E-state index in [1.807, 2.05) is 12.1 Å². The molecule has 3 rings (SSSR count). The molecule has 0 unspecified atom stereocenters. The lowest BCUT2D eigenvalue weighted by molar-refractivity contribution is 0.0538. The van der Waals surface area contributed by atoms with E-state index in [9.17, 15) is 22.0 Å².